The minimum absolute atomic E-state index is 0.383. The predicted octanol–water partition coefficient (Wildman–Crippen LogP) is 2.14. The van der Waals surface area contributed by atoms with Crippen LogP contribution >= 0.6 is 0 Å². The van der Waals surface area contributed by atoms with Crippen LogP contribution in [0.15, 0.2) is 24.3 Å². The lowest BCUT2D eigenvalue weighted by atomic mass is 9.78. The number of aromatic nitrogens is 2. The van der Waals surface area contributed by atoms with Gasteiger partial charge in [0.25, 0.3) is 0 Å². The standard InChI is InChI=1S/C16H22N4/c1-19-15-8-3-2-7-14(15)18-16(19)20-9-11-5-4-6-13(17)12(11)10-20/h2-3,7-8,11-13H,4-6,9-10,17H2,1H3. The fourth-order valence-electron chi connectivity index (χ4n) is 4.10. The van der Waals surface area contributed by atoms with Crippen molar-refractivity contribution >= 4 is 17.0 Å². The van der Waals surface area contributed by atoms with Crippen molar-refractivity contribution in [2.45, 2.75) is 25.3 Å². The van der Waals surface area contributed by atoms with Crippen LogP contribution in [0, 0.1) is 11.8 Å². The van der Waals surface area contributed by atoms with Gasteiger partial charge in [-0.15, -0.1) is 0 Å². The Labute approximate surface area is 119 Å². The first-order valence-corrected chi connectivity index (χ1v) is 7.66. The summed E-state index contributed by atoms with van der Waals surface area (Å²) in [4.78, 5) is 7.27. The summed E-state index contributed by atoms with van der Waals surface area (Å²) < 4.78 is 2.22. The number of anilines is 1. The van der Waals surface area contributed by atoms with Gasteiger partial charge in [0.05, 0.1) is 11.0 Å². The lowest BCUT2D eigenvalue weighted by Gasteiger charge is -2.29. The van der Waals surface area contributed by atoms with E-state index in [0.717, 1.165) is 30.5 Å². The Hall–Kier alpha value is -1.55. The zero-order chi connectivity index (χ0) is 13.7. The maximum absolute atomic E-state index is 6.32. The van der Waals surface area contributed by atoms with Gasteiger partial charge < -0.3 is 15.2 Å². The lowest BCUT2D eigenvalue weighted by Crippen LogP contribution is -2.38. The molecule has 2 aromatic rings. The number of nitrogens with zero attached hydrogens (tertiary/aromatic N) is 3. The molecule has 0 spiro atoms. The number of para-hydroxylation sites is 2. The van der Waals surface area contributed by atoms with E-state index in [1.165, 1.54) is 24.8 Å². The lowest BCUT2D eigenvalue weighted by molar-refractivity contribution is 0.260. The van der Waals surface area contributed by atoms with Gasteiger partial charge in [0.2, 0.25) is 5.95 Å². The molecule has 4 heteroatoms. The van der Waals surface area contributed by atoms with Crippen LogP contribution in [0.4, 0.5) is 5.95 Å². The average Bonchev–Trinajstić information content (AvgIpc) is 3.02. The number of nitrogens with two attached hydrogens (primary N) is 1. The Morgan fingerprint density at radius 3 is 2.85 bits per heavy atom. The van der Waals surface area contributed by atoms with Gasteiger partial charge in [0.15, 0.2) is 0 Å². The molecule has 1 saturated heterocycles. The summed E-state index contributed by atoms with van der Waals surface area (Å²) in [7, 11) is 2.12. The molecule has 4 nitrogen and oxygen atoms in total. The molecule has 3 unspecified atom stereocenters. The van der Waals surface area contributed by atoms with E-state index in [0.29, 0.717) is 12.0 Å². The number of hydrogen-bond donors (Lipinski definition) is 1. The van der Waals surface area contributed by atoms with Crippen LogP contribution < -0.4 is 10.6 Å². The molecule has 20 heavy (non-hydrogen) atoms. The van der Waals surface area contributed by atoms with Gasteiger partial charge in [-0.25, -0.2) is 4.98 Å². The monoisotopic (exact) mass is 270 g/mol. The maximum Gasteiger partial charge on any atom is 0.206 e. The molecule has 106 valence electrons. The summed E-state index contributed by atoms with van der Waals surface area (Å²) in [6.45, 7) is 2.19. The van der Waals surface area contributed by atoms with Gasteiger partial charge >= 0.3 is 0 Å². The highest BCUT2D eigenvalue weighted by molar-refractivity contribution is 5.78. The highest BCUT2D eigenvalue weighted by Gasteiger charge is 2.39. The van der Waals surface area contributed by atoms with Crippen molar-refractivity contribution in [2.24, 2.45) is 24.6 Å². The van der Waals surface area contributed by atoms with Crippen LogP contribution in [-0.4, -0.2) is 28.7 Å². The van der Waals surface area contributed by atoms with Crippen LogP contribution in [0.2, 0.25) is 0 Å². The largest absolute Gasteiger partial charge is 0.342 e. The van der Waals surface area contributed by atoms with Crippen molar-refractivity contribution in [3.05, 3.63) is 24.3 Å². The van der Waals surface area contributed by atoms with E-state index in [1.807, 2.05) is 0 Å². The topological polar surface area (TPSA) is 47.1 Å². The Kier molecular flexibility index (Phi) is 2.74. The molecule has 2 fully saturated rings. The summed E-state index contributed by atoms with van der Waals surface area (Å²) in [6, 6.07) is 8.74. The van der Waals surface area contributed by atoms with Crippen molar-refractivity contribution in [3.8, 4) is 0 Å². The van der Waals surface area contributed by atoms with Crippen molar-refractivity contribution in [2.75, 3.05) is 18.0 Å². The van der Waals surface area contributed by atoms with Crippen molar-refractivity contribution in [1.29, 1.82) is 0 Å². The molecule has 1 saturated carbocycles. The van der Waals surface area contributed by atoms with E-state index in [4.69, 9.17) is 10.7 Å². The summed E-state index contributed by atoms with van der Waals surface area (Å²) in [6.07, 6.45) is 3.81. The van der Waals surface area contributed by atoms with Crippen LogP contribution in [0.3, 0.4) is 0 Å². The first-order chi connectivity index (χ1) is 9.74. The molecule has 4 rings (SSSR count). The zero-order valence-electron chi connectivity index (χ0n) is 12.0. The van der Waals surface area contributed by atoms with Crippen molar-refractivity contribution in [1.82, 2.24) is 9.55 Å². The van der Waals surface area contributed by atoms with E-state index in [-0.39, 0.29) is 0 Å². The first kappa shape index (κ1) is 12.2. The Morgan fingerprint density at radius 1 is 1.20 bits per heavy atom. The van der Waals surface area contributed by atoms with Crippen LogP contribution in [0.25, 0.3) is 11.0 Å². The summed E-state index contributed by atoms with van der Waals surface area (Å²) in [5.41, 5.74) is 8.62. The quantitative estimate of drug-likeness (QED) is 0.863. The molecule has 0 radical (unpaired) electrons. The molecular formula is C16H22N4. The number of rotatable bonds is 1. The van der Waals surface area contributed by atoms with Crippen LogP contribution in [0.1, 0.15) is 19.3 Å². The van der Waals surface area contributed by atoms with Gasteiger partial charge in [-0.3, -0.25) is 0 Å². The van der Waals surface area contributed by atoms with Gasteiger partial charge in [0, 0.05) is 26.2 Å². The highest BCUT2D eigenvalue weighted by atomic mass is 15.3. The number of hydrogen-bond acceptors (Lipinski definition) is 3. The molecule has 3 atom stereocenters. The minimum Gasteiger partial charge on any atom is -0.342 e. The van der Waals surface area contributed by atoms with Crippen LogP contribution in [0.5, 0.6) is 0 Å². The average molecular weight is 270 g/mol. The SMILES string of the molecule is Cn1c(N2CC3CCCC(N)C3C2)nc2ccccc21. The molecule has 0 amide bonds. The predicted molar refractivity (Wildman–Crippen MR) is 81.7 cm³/mol. The van der Waals surface area contributed by atoms with E-state index in [1.54, 1.807) is 0 Å². The third-order valence-electron chi connectivity index (χ3n) is 5.20. The molecule has 0 bridgehead atoms. The van der Waals surface area contributed by atoms with Crippen molar-refractivity contribution in [3.63, 3.8) is 0 Å². The van der Waals surface area contributed by atoms with E-state index in [9.17, 15) is 0 Å². The number of benzene rings is 1. The molecule has 1 aromatic heterocycles. The molecule has 2 aliphatic rings. The normalized spacial score (nSPS) is 29.9. The molecular weight excluding hydrogens is 248 g/mol. The second-order valence-electron chi connectivity index (χ2n) is 6.38. The number of aryl methyl sites for hydroxylation is 1. The second kappa shape index (κ2) is 4.48. The molecule has 1 aromatic carbocycles. The Bertz CT molecular complexity index is 632. The first-order valence-electron chi connectivity index (χ1n) is 7.66. The second-order valence-corrected chi connectivity index (χ2v) is 6.38. The molecule has 2 N–H and O–H groups in total. The third kappa shape index (κ3) is 1.74. The summed E-state index contributed by atoms with van der Waals surface area (Å²) in [5, 5.41) is 0. The molecule has 1 aliphatic carbocycles. The highest BCUT2D eigenvalue weighted by Crippen LogP contribution is 2.37. The fraction of sp³-hybridized carbons (Fsp3) is 0.562. The molecule has 1 aliphatic heterocycles. The minimum atomic E-state index is 0.383. The van der Waals surface area contributed by atoms with Crippen LogP contribution in [-0.2, 0) is 7.05 Å². The van der Waals surface area contributed by atoms with Gasteiger partial charge in [-0.05, 0) is 36.8 Å². The van der Waals surface area contributed by atoms with Crippen molar-refractivity contribution < 1.29 is 0 Å². The van der Waals surface area contributed by atoms with E-state index >= 15 is 0 Å². The maximum atomic E-state index is 6.32. The smallest absolute Gasteiger partial charge is 0.206 e. The van der Waals surface area contributed by atoms with E-state index in [2.05, 4.69) is 40.8 Å². The summed E-state index contributed by atoms with van der Waals surface area (Å²) >= 11 is 0. The van der Waals surface area contributed by atoms with E-state index < -0.39 is 0 Å². The number of fused-ring (bicyclic) bond motifs is 2. The Balaban J connectivity index is 1.68. The fourth-order valence-corrected chi connectivity index (χ4v) is 4.10. The van der Waals surface area contributed by atoms with Gasteiger partial charge in [-0.2, -0.15) is 0 Å². The molecule has 2 heterocycles. The number of imidazole rings is 1. The zero-order valence-corrected chi connectivity index (χ0v) is 12.0. The Morgan fingerprint density at radius 2 is 2.05 bits per heavy atom. The van der Waals surface area contributed by atoms with Gasteiger partial charge in [-0.1, -0.05) is 18.6 Å². The van der Waals surface area contributed by atoms with Gasteiger partial charge in [0.1, 0.15) is 0 Å². The summed E-state index contributed by atoms with van der Waals surface area (Å²) in [5.74, 6) is 2.52. The third-order valence-corrected chi connectivity index (χ3v) is 5.20.